The van der Waals surface area contributed by atoms with Crippen LogP contribution in [0.3, 0.4) is 0 Å². The molecular formula is C17H22N2O4S. The summed E-state index contributed by atoms with van der Waals surface area (Å²) in [5.41, 5.74) is 0.688. The molecule has 0 amide bonds. The van der Waals surface area contributed by atoms with Gasteiger partial charge in [0, 0.05) is 18.5 Å². The van der Waals surface area contributed by atoms with Crippen LogP contribution in [-0.4, -0.2) is 31.5 Å². The van der Waals surface area contributed by atoms with Gasteiger partial charge in [0.1, 0.15) is 17.2 Å². The van der Waals surface area contributed by atoms with Gasteiger partial charge in [-0.25, -0.2) is 8.42 Å². The molecule has 1 saturated heterocycles. The van der Waals surface area contributed by atoms with Gasteiger partial charge in [0.25, 0.3) is 0 Å². The second kappa shape index (κ2) is 6.57. The number of sulfonamides is 1. The van der Waals surface area contributed by atoms with Crippen LogP contribution < -0.4 is 4.74 Å². The molecule has 1 aromatic carbocycles. The summed E-state index contributed by atoms with van der Waals surface area (Å²) in [4.78, 5) is 0.266. The fourth-order valence-corrected chi connectivity index (χ4v) is 4.61. The lowest BCUT2D eigenvalue weighted by atomic mass is 10.1. The smallest absolute Gasteiger partial charge is 0.243 e. The van der Waals surface area contributed by atoms with E-state index < -0.39 is 10.0 Å². The minimum absolute atomic E-state index is 0.222. The van der Waals surface area contributed by atoms with Crippen LogP contribution in [0.2, 0.25) is 0 Å². The Morgan fingerprint density at radius 2 is 2.00 bits per heavy atom. The average molecular weight is 350 g/mol. The molecule has 1 aromatic heterocycles. The summed E-state index contributed by atoms with van der Waals surface area (Å²) in [5, 5.41) is 4.10. The summed E-state index contributed by atoms with van der Waals surface area (Å²) in [7, 11) is -2.02. The number of hydrogen-bond donors (Lipinski definition) is 0. The molecule has 1 atom stereocenters. The van der Waals surface area contributed by atoms with Crippen molar-refractivity contribution in [3.8, 4) is 5.75 Å². The van der Waals surface area contributed by atoms with Crippen LogP contribution in [0.25, 0.3) is 0 Å². The number of rotatable bonds is 5. The first-order valence-electron chi connectivity index (χ1n) is 8.06. The van der Waals surface area contributed by atoms with Crippen molar-refractivity contribution >= 4 is 10.0 Å². The van der Waals surface area contributed by atoms with Gasteiger partial charge in [-0.3, -0.25) is 0 Å². The molecule has 130 valence electrons. The monoisotopic (exact) mass is 350 g/mol. The zero-order valence-corrected chi connectivity index (χ0v) is 14.9. The second-order valence-corrected chi connectivity index (χ2v) is 8.15. The maximum Gasteiger partial charge on any atom is 0.243 e. The highest BCUT2D eigenvalue weighted by atomic mass is 32.2. The van der Waals surface area contributed by atoms with E-state index in [0.717, 1.165) is 18.6 Å². The predicted octanol–water partition coefficient (Wildman–Crippen LogP) is 3.33. The maximum atomic E-state index is 13.0. The topological polar surface area (TPSA) is 72.6 Å². The van der Waals surface area contributed by atoms with E-state index in [0.29, 0.717) is 18.0 Å². The first-order valence-corrected chi connectivity index (χ1v) is 9.50. The van der Waals surface area contributed by atoms with E-state index >= 15 is 0 Å². The van der Waals surface area contributed by atoms with Gasteiger partial charge in [-0.15, -0.1) is 0 Å². The maximum absolute atomic E-state index is 13.0. The summed E-state index contributed by atoms with van der Waals surface area (Å²) in [6.45, 7) is 4.53. The zero-order chi connectivity index (χ0) is 17.3. The summed E-state index contributed by atoms with van der Waals surface area (Å²) in [6.07, 6.45) is 1.56. The molecular weight excluding hydrogens is 328 g/mol. The Morgan fingerprint density at radius 3 is 2.58 bits per heavy atom. The van der Waals surface area contributed by atoms with Crippen molar-refractivity contribution in [3.05, 3.63) is 41.8 Å². The van der Waals surface area contributed by atoms with Crippen LogP contribution in [0.4, 0.5) is 0 Å². The third-order valence-electron chi connectivity index (χ3n) is 4.33. The van der Waals surface area contributed by atoms with Gasteiger partial charge >= 0.3 is 0 Å². The number of methoxy groups -OCH3 is 1. The molecule has 3 rings (SSSR count). The molecule has 7 heteroatoms. The number of nitrogens with zero attached hydrogens (tertiary/aromatic N) is 2. The highest BCUT2D eigenvalue weighted by Gasteiger charge is 2.38. The minimum atomic E-state index is -3.58. The number of benzene rings is 1. The van der Waals surface area contributed by atoms with E-state index in [2.05, 4.69) is 5.16 Å². The summed E-state index contributed by atoms with van der Waals surface area (Å²) < 4.78 is 37.9. The molecule has 0 spiro atoms. The van der Waals surface area contributed by atoms with Crippen molar-refractivity contribution in [1.82, 2.24) is 9.46 Å². The predicted molar refractivity (Wildman–Crippen MR) is 89.5 cm³/mol. The Morgan fingerprint density at radius 1 is 1.29 bits per heavy atom. The number of aromatic nitrogens is 1. The molecule has 24 heavy (non-hydrogen) atoms. The SMILES string of the molecule is COc1ccc(S(=O)(=O)N2CCC[C@H]2c2cc(C(C)C)on2)cc1. The highest BCUT2D eigenvalue weighted by molar-refractivity contribution is 7.89. The lowest BCUT2D eigenvalue weighted by Crippen LogP contribution is -2.30. The summed E-state index contributed by atoms with van der Waals surface area (Å²) in [6, 6.07) is 8.07. The van der Waals surface area contributed by atoms with Crippen LogP contribution in [0.15, 0.2) is 39.8 Å². The lowest BCUT2D eigenvalue weighted by Gasteiger charge is -2.22. The molecule has 0 bridgehead atoms. The van der Waals surface area contributed by atoms with Crippen LogP contribution in [0.1, 0.15) is 50.1 Å². The van der Waals surface area contributed by atoms with Gasteiger partial charge in [0.05, 0.1) is 18.0 Å². The van der Waals surface area contributed by atoms with E-state index in [9.17, 15) is 8.42 Å². The summed E-state index contributed by atoms with van der Waals surface area (Å²) in [5.74, 6) is 1.63. The Labute approximate surface area is 142 Å². The van der Waals surface area contributed by atoms with Crippen molar-refractivity contribution in [2.45, 2.75) is 43.5 Å². The van der Waals surface area contributed by atoms with Gasteiger partial charge < -0.3 is 9.26 Å². The third-order valence-corrected chi connectivity index (χ3v) is 6.25. The third kappa shape index (κ3) is 3.06. The van der Waals surface area contributed by atoms with Crippen LogP contribution in [0.5, 0.6) is 5.75 Å². The molecule has 2 aromatic rings. The van der Waals surface area contributed by atoms with Crippen molar-refractivity contribution < 1.29 is 17.7 Å². The van der Waals surface area contributed by atoms with Gasteiger partial charge in [-0.2, -0.15) is 4.31 Å². The molecule has 0 saturated carbocycles. The Balaban J connectivity index is 1.90. The van der Waals surface area contributed by atoms with Crippen molar-refractivity contribution in [2.24, 2.45) is 0 Å². The van der Waals surface area contributed by atoms with E-state index in [1.165, 1.54) is 4.31 Å². The van der Waals surface area contributed by atoms with E-state index in [-0.39, 0.29) is 16.9 Å². The lowest BCUT2D eigenvalue weighted by molar-refractivity contribution is 0.338. The molecule has 6 nitrogen and oxygen atoms in total. The molecule has 0 aliphatic carbocycles. The Kier molecular flexibility index (Phi) is 4.64. The number of ether oxygens (including phenoxy) is 1. The standard InChI is InChI=1S/C17H22N2O4S/c1-12(2)17-11-15(18-23-17)16-5-4-10-19(16)24(20,21)14-8-6-13(22-3)7-9-14/h6-9,11-12,16H,4-5,10H2,1-3H3/t16-/m0/s1. The highest BCUT2D eigenvalue weighted by Crippen LogP contribution is 2.37. The molecule has 0 N–H and O–H groups in total. The normalized spacial score (nSPS) is 19.1. The largest absolute Gasteiger partial charge is 0.497 e. The molecule has 1 fully saturated rings. The van der Waals surface area contributed by atoms with Crippen LogP contribution in [0, 0.1) is 0 Å². The summed E-state index contributed by atoms with van der Waals surface area (Å²) >= 11 is 0. The van der Waals surface area contributed by atoms with Gasteiger partial charge in [-0.05, 0) is 37.1 Å². The van der Waals surface area contributed by atoms with Crippen LogP contribution >= 0.6 is 0 Å². The molecule has 0 radical (unpaired) electrons. The van der Waals surface area contributed by atoms with Crippen molar-refractivity contribution in [1.29, 1.82) is 0 Å². The fourth-order valence-electron chi connectivity index (χ4n) is 2.94. The van der Waals surface area contributed by atoms with Crippen LogP contribution in [-0.2, 0) is 10.0 Å². The Bertz CT molecular complexity index is 796. The quantitative estimate of drug-likeness (QED) is 0.827. The second-order valence-electron chi connectivity index (χ2n) is 6.26. The number of hydrogen-bond acceptors (Lipinski definition) is 5. The Hall–Kier alpha value is -1.86. The van der Waals surface area contributed by atoms with E-state index in [1.54, 1.807) is 31.4 Å². The van der Waals surface area contributed by atoms with Gasteiger partial charge in [-0.1, -0.05) is 19.0 Å². The zero-order valence-electron chi connectivity index (χ0n) is 14.1. The van der Waals surface area contributed by atoms with Crippen molar-refractivity contribution in [3.63, 3.8) is 0 Å². The van der Waals surface area contributed by atoms with E-state index in [1.807, 2.05) is 19.9 Å². The fraction of sp³-hybridized carbons (Fsp3) is 0.471. The van der Waals surface area contributed by atoms with Gasteiger partial charge in [0.2, 0.25) is 10.0 Å². The molecule has 1 aliphatic rings. The molecule has 2 heterocycles. The first-order chi connectivity index (χ1) is 11.4. The molecule has 1 aliphatic heterocycles. The minimum Gasteiger partial charge on any atom is -0.497 e. The van der Waals surface area contributed by atoms with Gasteiger partial charge in [0.15, 0.2) is 0 Å². The molecule has 0 unspecified atom stereocenters. The average Bonchev–Trinajstić information content (AvgIpc) is 3.23. The van der Waals surface area contributed by atoms with E-state index in [4.69, 9.17) is 9.26 Å². The van der Waals surface area contributed by atoms with Crippen molar-refractivity contribution in [2.75, 3.05) is 13.7 Å². The first kappa shape index (κ1) is 17.0.